The Balaban J connectivity index is 1.73. The van der Waals surface area contributed by atoms with Gasteiger partial charge in [0, 0.05) is 18.1 Å². The second-order valence-corrected chi connectivity index (χ2v) is 10.6. The summed E-state index contributed by atoms with van der Waals surface area (Å²) in [6.07, 6.45) is 1.11. The largest absolute Gasteiger partial charge is 0.459 e. The standard InChI is InChI=1S/C27H34ClN3O5/c1-26(2,3)36-24(33)22(29)20-13-12-19(28)15-17(20)16-30-23(32)21-11-8-14-31(21)25(34)27(4,35)18-9-6-5-7-10-18/h5-7,9-10,12-13,15,21-22,35H,8,11,14,16,29H2,1-4H3,(H,30,32)/t21-,22?,27-/m0/s1. The van der Waals surface area contributed by atoms with Crippen LogP contribution in [-0.2, 0) is 31.3 Å². The molecule has 1 unspecified atom stereocenters. The van der Waals surface area contributed by atoms with Crippen molar-refractivity contribution in [1.29, 1.82) is 0 Å². The van der Waals surface area contributed by atoms with Gasteiger partial charge in [0.25, 0.3) is 5.91 Å². The van der Waals surface area contributed by atoms with Gasteiger partial charge in [0.2, 0.25) is 5.91 Å². The molecule has 1 fully saturated rings. The first-order valence-corrected chi connectivity index (χ1v) is 12.3. The highest BCUT2D eigenvalue weighted by Crippen LogP contribution is 2.29. The van der Waals surface area contributed by atoms with E-state index in [9.17, 15) is 19.5 Å². The minimum atomic E-state index is -1.76. The Hall–Kier alpha value is -2.94. The Morgan fingerprint density at radius 1 is 1.17 bits per heavy atom. The molecule has 0 bridgehead atoms. The van der Waals surface area contributed by atoms with Crippen LogP contribution in [0.5, 0.6) is 0 Å². The first kappa shape index (κ1) is 27.6. The summed E-state index contributed by atoms with van der Waals surface area (Å²) in [4.78, 5) is 40.3. The maximum absolute atomic E-state index is 13.2. The van der Waals surface area contributed by atoms with Gasteiger partial charge in [-0.05, 0) is 69.4 Å². The first-order valence-electron chi connectivity index (χ1n) is 11.9. The quantitative estimate of drug-likeness (QED) is 0.487. The molecule has 1 aliphatic rings. The topological polar surface area (TPSA) is 122 Å². The molecule has 3 rings (SSSR count). The molecule has 4 N–H and O–H groups in total. The highest BCUT2D eigenvalue weighted by molar-refractivity contribution is 6.30. The van der Waals surface area contributed by atoms with Crippen molar-refractivity contribution >= 4 is 29.4 Å². The second-order valence-electron chi connectivity index (χ2n) is 10.2. The molecule has 0 spiro atoms. The van der Waals surface area contributed by atoms with Crippen molar-refractivity contribution < 1.29 is 24.2 Å². The molecule has 2 aromatic rings. The summed E-state index contributed by atoms with van der Waals surface area (Å²) in [6.45, 7) is 7.12. The summed E-state index contributed by atoms with van der Waals surface area (Å²) in [5, 5.41) is 14.3. The molecule has 2 amide bonds. The smallest absolute Gasteiger partial charge is 0.328 e. The first-order chi connectivity index (χ1) is 16.8. The highest BCUT2D eigenvalue weighted by atomic mass is 35.5. The van der Waals surface area contributed by atoms with Crippen LogP contribution in [0.4, 0.5) is 0 Å². The molecule has 9 heteroatoms. The molecule has 1 heterocycles. The van der Waals surface area contributed by atoms with Crippen LogP contribution < -0.4 is 11.1 Å². The van der Waals surface area contributed by atoms with Gasteiger partial charge in [-0.15, -0.1) is 0 Å². The maximum Gasteiger partial charge on any atom is 0.328 e. The van der Waals surface area contributed by atoms with E-state index >= 15 is 0 Å². The van der Waals surface area contributed by atoms with E-state index in [4.69, 9.17) is 22.1 Å². The Labute approximate surface area is 216 Å². The van der Waals surface area contributed by atoms with E-state index in [1.54, 1.807) is 69.3 Å². The molecule has 0 saturated carbocycles. The number of benzene rings is 2. The van der Waals surface area contributed by atoms with Gasteiger partial charge in [-0.3, -0.25) is 9.59 Å². The SMILES string of the molecule is CC(C)(C)OC(=O)C(N)c1ccc(Cl)cc1CNC(=O)[C@@H]1CCCN1C(=O)[C@@](C)(O)c1ccccc1. The molecule has 1 saturated heterocycles. The lowest BCUT2D eigenvalue weighted by Crippen LogP contribution is -2.52. The van der Waals surface area contributed by atoms with E-state index in [-0.39, 0.29) is 12.5 Å². The summed E-state index contributed by atoms with van der Waals surface area (Å²) < 4.78 is 5.40. The number of carbonyl (C=O) groups excluding carboxylic acids is 3. The van der Waals surface area contributed by atoms with Gasteiger partial charge < -0.3 is 25.8 Å². The van der Waals surface area contributed by atoms with Crippen LogP contribution in [0.25, 0.3) is 0 Å². The summed E-state index contributed by atoms with van der Waals surface area (Å²) >= 11 is 6.17. The molecule has 0 radical (unpaired) electrons. The van der Waals surface area contributed by atoms with Gasteiger partial charge >= 0.3 is 5.97 Å². The minimum absolute atomic E-state index is 0.0544. The minimum Gasteiger partial charge on any atom is -0.459 e. The highest BCUT2D eigenvalue weighted by Gasteiger charge is 2.43. The van der Waals surface area contributed by atoms with Crippen molar-refractivity contribution in [1.82, 2.24) is 10.2 Å². The zero-order chi connectivity index (χ0) is 26.7. The van der Waals surface area contributed by atoms with Gasteiger partial charge in [0.05, 0.1) is 0 Å². The molecular weight excluding hydrogens is 482 g/mol. The van der Waals surface area contributed by atoms with Crippen LogP contribution in [0.3, 0.4) is 0 Å². The summed E-state index contributed by atoms with van der Waals surface area (Å²) in [5.74, 6) is -1.48. The van der Waals surface area contributed by atoms with Gasteiger partial charge in [-0.2, -0.15) is 0 Å². The van der Waals surface area contributed by atoms with Gasteiger partial charge in [-0.25, -0.2) is 4.79 Å². The molecule has 0 aliphatic carbocycles. The molecule has 36 heavy (non-hydrogen) atoms. The number of amides is 2. The van der Waals surface area contributed by atoms with Crippen molar-refractivity contribution in [3.63, 3.8) is 0 Å². The number of hydrogen-bond donors (Lipinski definition) is 3. The number of ether oxygens (including phenoxy) is 1. The number of nitrogens with two attached hydrogens (primary N) is 1. The zero-order valence-electron chi connectivity index (χ0n) is 21.1. The molecule has 2 aromatic carbocycles. The van der Waals surface area contributed by atoms with Crippen molar-refractivity contribution in [3.05, 3.63) is 70.2 Å². The van der Waals surface area contributed by atoms with Crippen molar-refractivity contribution in [3.8, 4) is 0 Å². The number of nitrogens with zero attached hydrogens (tertiary/aromatic N) is 1. The summed E-state index contributed by atoms with van der Waals surface area (Å²) in [5.41, 5.74) is 5.24. The zero-order valence-corrected chi connectivity index (χ0v) is 21.8. The van der Waals surface area contributed by atoms with E-state index in [1.807, 2.05) is 0 Å². The van der Waals surface area contributed by atoms with Gasteiger partial charge in [-0.1, -0.05) is 48.0 Å². The number of rotatable bonds is 7. The van der Waals surface area contributed by atoms with Crippen LogP contribution in [0.1, 0.15) is 63.3 Å². The molecule has 3 atom stereocenters. The van der Waals surface area contributed by atoms with E-state index in [0.29, 0.717) is 41.1 Å². The normalized spacial score (nSPS) is 18.3. The molecule has 194 valence electrons. The predicted octanol–water partition coefficient (Wildman–Crippen LogP) is 3.20. The number of likely N-dealkylation sites (tertiary alicyclic amines) is 1. The van der Waals surface area contributed by atoms with Gasteiger partial charge in [0.15, 0.2) is 5.60 Å². The molecule has 1 aliphatic heterocycles. The monoisotopic (exact) mass is 515 g/mol. The number of halogens is 1. The maximum atomic E-state index is 13.2. The lowest BCUT2D eigenvalue weighted by atomic mass is 9.94. The number of aliphatic hydroxyl groups is 1. The number of hydrogen-bond acceptors (Lipinski definition) is 6. The lowest BCUT2D eigenvalue weighted by Gasteiger charge is -2.32. The Morgan fingerprint density at radius 2 is 1.83 bits per heavy atom. The Morgan fingerprint density at radius 3 is 2.47 bits per heavy atom. The van der Waals surface area contributed by atoms with Crippen LogP contribution >= 0.6 is 11.6 Å². The van der Waals surface area contributed by atoms with Crippen LogP contribution in [-0.4, -0.2) is 46.0 Å². The fourth-order valence-electron chi connectivity index (χ4n) is 4.27. The second kappa shape index (κ2) is 11.0. The third-order valence-corrected chi connectivity index (χ3v) is 6.36. The molecular formula is C27H34ClN3O5. The summed E-state index contributed by atoms with van der Waals surface area (Å²) in [6, 6.07) is 11.8. The van der Waals surface area contributed by atoms with E-state index < -0.39 is 35.2 Å². The fraction of sp³-hybridized carbons (Fsp3) is 0.444. The van der Waals surface area contributed by atoms with E-state index in [1.165, 1.54) is 11.8 Å². The third-order valence-electron chi connectivity index (χ3n) is 6.12. The average Bonchev–Trinajstić information content (AvgIpc) is 3.31. The fourth-order valence-corrected chi connectivity index (χ4v) is 4.47. The van der Waals surface area contributed by atoms with E-state index in [2.05, 4.69) is 5.32 Å². The predicted molar refractivity (Wildman–Crippen MR) is 137 cm³/mol. The number of carbonyl (C=O) groups is 3. The van der Waals surface area contributed by atoms with E-state index in [0.717, 1.165) is 0 Å². The molecule has 8 nitrogen and oxygen atoms in total. The Kier molecular flexibility index (Phi) is 8.44. The average molecular weight is 516 g/mol. The molecule has 0 aromatic heterocycles. The van der Waals surface area contributed by atoms with Gasteiger partial charge in [0.1, 0.15) is 17.7 Å². The van der Waals surface area contributed by atoms with Crippen molar-refractivity contribution in [2.45, 2.75) is 70.4 Å². The summed E-state index contributed by atoms with van der Waals surface area (Å²) in [7, 11) is 0. The number of esters is 1. The lowest BCUT2D eigenvalue weighted by molar-refractivity contribution is -0.156. The third kappa shape index (κ3) is 6.43. The van der Waals surface area contributed by atoms with Crippen LogP contribution in [0, 0.1) is 0 Å². The number of nitrogens with one attached hydrogen (secondary N) is 1. The van der Waals surface area contributed by atoms with Crippen LogP contribution in [0.15, 0.2) is 48.5 Å². The van der Waals surface area contributed by atoms with Crippen LogP contribution in [0.2, 0.25) is 5.02 Å². The Bertz CT molecular complexity index is 1110. The van der Waals surface area contributed by atoms with Crippen molar-refractivity contribution in [2.75, 3.05) is 6.54 Å². The van der Waals surface area contributed by atoms with Crippen molar-refractivity contribution in [2.24, 2.45) is 5.73 Å².